The maximum absolute atomic E-state index is 13.6. The molecule has 1 saturated heterocycles. The Labute approximate surface area is 198 Å². The Morgan fingerprint density at radius 2 is 1.76 bits per heavy atom. The normalized spacial score (nSPS) is 22.3. The highest BCUT2D eigenvalue weighted by Gasteiger charge is 2.51. The molecule has 0 amide bonds. The van der Waals surface area contributed by atoms with Crippen LogP contribution in [-0.2, 0) is 16.0 Å². The quantitative estimate of drug-likeness (QED) is 0.392. The molecule has 2 rings (SSSR count). The minimum Gasteiger partial charge on any atom is -0.374 e. The smallest absolute Gasteiger partial charge is 0.374 e. The summed E-state index contributed by atoms with van der Waals surface area (Å²) >= 11 is 0.216. The molecule has 1 aliphatic rings. The molecule has 1 aliphatic heterocycles. The highest BCUT2D eigenvalue weighted by molar-refractivity contribution is 7.93. The molecular formula is C20H27F6N3O3S2. The van der Waals surface area contributed by atoms with Crippen molar-refractivity contribution in [3.05, 3.63) is 28.8 Å². The molecule has 194 valence electrons. The Kier molecular flexibility index (Phi) is 8.20. The molecule has 6 nitrogen and oxygen atoms in total. The van der Waals surface area contributed by atoms with Gasteiger partial charge in [0.05, 0.1) is 15.6 Å². The predicted molar refractivity (Wildman–Crippen MR) is 117 cm³/mol. The van der Waals surface area contributed by atoms with Crippen molar-refractivity contribution >= 4 is 26.3 Å². The van der Waals surface area contributed by atoms with Gasteiger partial charge in [-0.25, -0.2) is 8.42 Å². The summed E-state index contributed by atoms with van der Waals surface area (Å²) in [6, 6.07) is 0. The van der Waals surface area contributed by atoms with Crippen molar-refractivity contribution in [1.82, 2.24) is 10.2 Å². The molecule has 0 saturated carbocycles. The van der Waals surface area contributed by atoms with Gasteiger partial charge in [0, 0.05) is 6.54 Å². The largest absolute Gasteiger partial charge is 0.445 e. The molecular weight excluding hydrogens is 508 g/mol. The zero-order valence-electron chi connectivity index (χ0n) is 19.1. The SMILES string of the molecule is CC=CC(=CC(C(C)C)S(=O)(=O)C(C)(C)C1CC(O)N(c2nnc(C(F)(F)F)s2)C1)C(F)(F)F. The number of aliphatic hydroxyl groups is 1. The van der Waals surface area contributed by atoms with Gasteiger partial charge in [-0.15, -0.1) is 10.2 Å². The Morgan fingerprint density at radius 3 is 2.21 bits per heavy atom. The first-order valence-electron chi connectivity index (χ1n) is 10.3. The van der Waals surface area contributed by atoms with E-state index in [9.17, 15) is 39.9 Å². The van der Waals surface area contributed by atoms with Crippen LogP contribution in [0, 0.1) is 11.8 Å². The topological polar surface area (TPSA) is 83.4 Å². The summed E-state index contributed by atoms with van der Waals surface area (Å²) in [5.74, 6) is -1.50. The molecule has 3 atom stereocenters. The number of halogens is 6. The first-order chi connectivity index (χ1) is 15.3. The molecule has 1 aromatic rings. The zero-order valence-corrected chi connectivity index (χ0v) is 20.8. The third kappa shape index (κ3) is 5.76. The van der Waals surface area contributed by atoms with Crippen LogP contribution in [0.3, 0.4) is 0 Å². The number of aliphatic hydroxyl groups excluding tert-OH is 1. The fraction of sp³-hybridized carbons (Fsp3) is 0.700. The van der Waals surface area contributed by atoms with Crippen molar-refractivity contribution in [2.45, 2.75) is 69.6 Å². The maximum atomic E-state index is 13.6. The number of allylic oxidation sites excluding steroid dienone is 3. The summed E-state index contributed by atoms with van der Waals surface area (Å²) in [5, 5.41) is 14.1. The van der Waals surface area contributed by atoms with E-state index in [1.54, 1.807) is 0 Å². The molecule has 1 aromatic heterocycles. The van der Waals surface area contributed by atoms with Gasteiger partial charge >= 0.3 is 12.4 Å². The van der Waals surface area contributed by atoms with Gasteiger partial charge in [-0.1, -0.05) is 43.4 Å². The van der Waals surface area contributed by atoms with Crippen molar-refractivity contribution in [3.8, 4) is 0 Å². The van der Waals surface area contributed by atoms with E-state index in [2.05, 4.69) is 10.2 Å². The van der Waals surface area contributed by atoms with Gasteiger partial charge < -0.3 is 10.0 Å². The van der Waals surface area contributed by atoms with E-state index in [0.29, 0.717) is 6.08 Å². The number of nitrogens with zero attached hydrogens (tertiary/aromatic N) is 3. The van der Waals surface area contributed by atoms with Crippen molar-refractivity contribution in [3.63, 3.8) is 0 Å². The number of hydrogen-bond donors (Lipinski definition) is 1. The van der Waals surface area contributed by atoms with Crippen molar-refractivity contribution in [2.24, 2.45) is 11.8 Å². The molecule has 34 heavy (non-hydrogen) atoms. The molecule has 0 spiro atoms. The molecule has 2 heterocycles. The average molecular weight is 536 g/mol. The van der Waals surface area contributed by atoms with E-state index in [1.807, 2.05) is 0 Å². The van der Waals surface area contributed by atoms with Crippen LogP contribution in [0.15, 0.2) is 23.8 Å². The van der Waals surface area contributed by atoms with Crippen LogP contribution in [0.2, 0.25) is 0 Å². The highest BCUT2D eigenvalue weighted by Crippen LogP contribution is 2.43. The monoisotopic (exact) mass is 535 g/mol. The van der Waals surface area contributed by atoms with Crippen LogP contribution in [0.1, 0.15) is 46.0 Å². The lowest BCUT2D eigenvalue weighted by molar-refractivity contribution is -0.138. The lowest BCUT2D eigenvalue weighted by Crippen LogP contribution is -2.47. The number of hydrogen-bond acceptors (Lipinski definition) is 7. The highest BCUT2D eigenvalue weighted by atomic mass is 32.2. The van der Waals surface area contributed by atoms with Gasteiger partial charge in [-0.3, -0.25) is 0 Å². The van der Waals surface area contributed by atoms with Crippen molar-refractivity contribution in [2.75, 3.05) is 11.4 Å². The van der Waals surface area contributed by atoms with Gasteiger partial charge in [-0.2, -0.15) is 26.3 Å². The van der Waals surface area contributed by atoms with Gasteiger partial charge in [0.2, 0.25) is 10.1 Å². The second kappa shape index (κ2) is 9.76. The van der Waals surface area contributed by atoms with Crippen LogP contribution >= 0.6 is 11.3 Å². The van der Waals surface area contributed by atoms with Crippen LogP contribution < -0.4 is 4.90 Å². The minimum atomic E-state index is -4.76. The van der Waals surface area contributed by atoms with E-state index >= 15 is 0 Å². The van der Waals surface area contributed by atoms with Crippen LogP contribution in [0.4, 0.5) is 31.5 Å². The van der Waals surface area contributed by atoms with Gasteiger partial charge in [0.25, 0.3) is 0 Å². The number of aromatic nitrogens is 2. The van der Waals surface area contributed by atoms with Crippen LogP contribution in [0.5, 0.6) is 0 Å². The molecule has 0 aliphatic carbocycles. The van der Waals surface area contributed by atoms with E-state index in [4.69, 9.17) is 0 Å². The van der Waals surface area contributed by atoms with Crippen LogP contribution in [0.25, 0.3) is 0 Å². The Morgan fingerprint density at radius 1 is 1.18 bits per heavy atom. The van der Waals surface area contributed by atoms with E-state index < -0.39 is 60.8 Å². The molecule has 14 heteroatoms. The molecule has 1 fully saturated rings. The fourth-order valence-electron chi connectivity index (χ4n) is 3.80. The first kappa shape index (κ1) is 28.6. The average Bonchev–Trinajstić information content (AvgIpc) is 3.30. The van der Waals surface area contributed by atoms with Gasteiger partial charge in [0.1, 0.15) is 6.23 Å². The first-order valence-corrected chi connectivity index (χ1v) is 12.7. The Bertz CT molecular complexity index is 1030. The van der Waals surface area contributed by atoms with E-state index in [0.717, 1.165) is 17.1 Å². The number of rotatable bonds is 7. The summed E-state index contributed by atoms with van der Waals surface area (Å²) in [7, 11) is -4.26. The summed E-state index contributed by atoms with van der Waals surface area (Å²) in [6.07, 6.45) is -8.26. The fourth-order valence-corrected chi connectivity index (χ4v) is 6.94. The van der Waals surface area contributed by atoms with Crippen molar-refractivity contribution < 1.29 is 39.9 Å². The maximum Gasteiger partial charge on any atom is 0.445 e. The number of sulfone groups is 1. The van der Waals surface area contributed by atoms with E-state index in [1.165, 1.54) is 34.6 Å². The Balaban J connectivity index is 2.41. The number of alkyl halides is 6. The summed E-state index contributed by atoms with van der Waals surface area (Å²) in [4.78, 5) is 1.13. The third-order valence-electron chi connectivity index (χ3n) is 5.92. The standard InChI is InChI=1S/C20H27F6N3O3S2/c1-6-7-12(19(21,22)23)8-14(11(2)3)34(31,32)18(4,5)13-9-15(30)29(10-13)17-28-27-16(33-17)20(24,25)26/h6-8,11,13-15,30H,9-10H2,1-5H3. The number of anilines is 1. The molecule has 0 radical (unpaired) electrons. The summed E-state index contributed by atoms with van der Waals surface area (Å²) < 4.78 is 105. The summed E-state index contributed by atoms with van der Waals surface area (Å²) in [6.45, 7) is 6.93. The summed E-state index contributed by atoms with van der Waals surface area (Å²) in [5.41, 5.74) is -1.09. The van der Waals surface area contributed by atoms with Gasteiger partial charge in [-0.05, 0) is 39.0 Å². The lowest BCUT2D eigenvalue weighted by atomic mass is 9.94. The minimum absolute atomic E-state index is 0.122. The predicted octanol–water partition coefficient (Wildman–Crippen LogP) is 4.98. The second-order valence-corrected chi connectivity index (χ2v) is 12.6. The zero-order chi connectivity index (χ0) is 26.3. The third-order valence-corrected chi connectivity index (χ3v) is 10.1. The molecule has 0 aromatic carbocycles. The van der Waals surface area contributed by atoms with Crippen molar-refractivity contribution in [1.29, 1.82) is 0 Å². The molecule has 0 bridgehead atoms. The van der Waals surface area contributed by atoms with Gasteiger partial charge in [0.15, 0.2) is 9.84 Å². The second-order valence-electron chi connectivity index (χ2n) is 8.93. The lowest BCUT2D eigenvalue weighted by Gasteiger charge is -2.35. The van der Waals surface area contributed by atoms with E-state index in [-0.39, 0.29) is 29.4 Å². The van der Waals surface area contributed by atoms with Crippen LogP contribution in [-0.4, -0.2) is 52.7 Å². The Hall–Kier alpha value is -1.67. The molecule has 1 N–H and O–H groups in total. The molecule has 3 unspecified atom stereocenters.